The molecule has 0 spiro atoms. The van der Waals surface area contributed by atoms with E-state index in [0.717, 1.165) is 53.7 Å². The maximum absolute atomic E-state index is 17.0. The third-order valence-electron chi connectivity index (χ3n) is 19.9. The van der Waals surface area contributed by atoms with Crippen LogP contribution in [0.15, 0.2) is 133 Å². The van der Waals surface area contributed by atoms with Gasteiger partial charge in [0.25, 0.3) is 0 Å². The molecule has 0 N–H and O–H groups in total. The zero-order valence-corrected chi connectivity index (χ0v) is 49.2. The average molecular weight is 1090 g/mol. The quantitative estimate of drug-likeness (QED) is 0.0287. The number of carbonyl (C=O) groups is 4. The Hall–Kier alpha value is -5.62. The van der Waals surface area contributed by atoms with Gasteiger partial charge < -0.3 is 33.2 Å². The first kappa shape index (κ1) is 59.0. The number of allylic oxidation sites excluding steroid dienone is 1. The number of carbonyl (C=O) groups excluding carboxylic acids is 4. The summed E-state index contributed by atoms with van der Waals surface area (Å²) in [5.74, 6) is -2.15. The van der Waals surface area contributed by atoms with E-state index in [1.165, 1.54) is 0 Å². The van der Waals surface area contributed by atoms with Crippen molar-refractivity contribution < 1.29 is 52.3 Å². The van der Waals surface area contributed by atoms with Crippen molar-refractivity contribution in [1.82, 2.24) is 0 Å². The maximum Gasteiger partial charge on any atom is 0.315 e. The van der Waals surface area contributed by atoms with E-state index < -0.39 is 67.6 Å². The molecule has 11 heteroatoms. The van der Waals surface area contributed by atoms with Gasteiger partial charge in [0.2, 0.25) is 0 Å². The van der Waals surface area contributed by atoms with Gasteiger partial charge in [-0.1, -0.05) is 180 Å². The summed E-state index contributed by atoms with van der Waals surface area (Å²) in [5.41, 5.74) is -6.22. The lowest BCUT2D eigenvalue weighted by Gasteiger charge is -2.71. The molecule has 9 rings (SSSR count). The zero-order chi connectivity index (χ0) is 57.0. The van der Waals surface area contributed by atoms with Crippen molar-refractivity contribution in [3.8, 4) is 0 Å². The topological polar surface area (TPSA) is 136 Å². The summed E-state index contributed by atoms with van der Waals surface area (Å²) in [6.07, 6.45) is 7.38. The molecule has 3 saturated carbocycles. The van der Waals surface area contributed by atoms with Crippen LogP contribution < -0.4 is 0 Å². The van der Waals surface area contributed by atoms with E-state index in [2.05, 4.69) is 61.5 Å². The molecule has 1 heterocycles. The lowest BCUT2D eigenvalue weighted by molar-refractivity contribution is -0.269. The monoisotopic (exact) mass is 1090 g/mol. The van der Waals surface area contributed by atoms with Crippen LogP contribution in [0, 0.1) is 44.3 Å². The fraction of sp³-hybridized carbons (Fsp3) is 0.565. The summed E-state index contributed by atoms with van der Waals surface area (Å²) >= 11 is 0. The van der Waals surface area contributed by atoms with Crippen LogP contribution >= 0.6 is 0 Å². The van der Waals surface area contributed by atoms with Crippen LogP contribution in [0.1, 0.15) is 162 Å². The number of hydrogen-bond acceptors (Lipinski definition) is 11. The number of rotatable bonds is 24. The molecule has 0 amide bonds. The van der Waals surface area contributed by atoms with Gasteiger partial charge in [-0.2, -0.15) is 0 Å². The van der Waals surface area contributed by atoms with Gasteiger partial charge in [0.05, 0.1) is 52.9 Å². The Morgan fingerprint density at radius 2 is 1.04 bits per heavy atom. The van der Waals surface area contributed by atoms with Gasteiger partial charge in [-0.05, 0) is 120 Å². The summed E-state index contributed by atoms with van der Waals surface area (Å²) in [4.78, 5) is 66.6. The van der Waals surface area contributed by atoms with Crippen molar-refractivity contribution >= 4 is 23.9 Å². The van der Waals surface area contributed by atoms with E-state index in [-0.39, 0.29) is 76.7 Å². The third kappa shape index (κ3) is 11.0. The Morgan fingerprint density at radius 1 is 0.575 bits per heavy atom. The van der Waals surface area contributed by atoms with Crippen LogP contribution in [-0.2, 0) is 78.8 Å². The number of ether oxygens (including phenoxy) is 7. The molecule has 5 aliphatic rings. The van der Waals surface area contributed by atoms with Crippen molar-refractivity contribution in [3.63, 3.8) is 0 Å². The van der Waals surface area contributed by atoms with Gasteiger partial charge in [0.1, 0.15) is 31.8 Å². The van der Waals surface area contributed by atoms with Crippen molar-refractivity contribution in [2.24, 2.45) is 44.3 Å². The lowest BCUT2D eigenvalue weighted by atomic mass is 9.28. The zero-order valence-electron chi connectivity index (χ0n) is 49.2. The van der Waals surface area contributed by atoms with Crippen molar-refractivity contribution in [2.75, 3.05) is 13.2 Å². The van der Waals surface area contributed by atoms with E-state index in [9.17, 15) is 0 Å². The smallest absolute Gasteiger partial charge is 0.315 e. The van der Waals surface area contributed by atoms with Gasteiger partial charge in [-0.15, -0.1) is 0 Å². The van der Waals surface area contributed by atoms with Crippen LogP contribution in [0.25, 0.3) is 0 Å². The van der Waals surface area contributed by atoms with Gasteiger partial charge >= 0.3 is 23.9 Å². The largest absolute Gasteiger partial charge is 0.460 e. The predicted octanol–water partition coefficient (Wildman–Crippen LogP) is 14.2. The molecule has 4 fully saturated rings. The van der Waals surface area contributed by atoms with E-state index in [1.807, 2.05) is 128 Å². The number of epoxide rings is 1. The highest BCUT2D eigenvalue weighted by Crippen LogP contribution is 2.85. The molecule has 9 atom stereocenters. The van der Waals surface area contributed by atoms with Gasteiger partial charge in [0, 0.05) is 17.3 Å². The van der Waals surface area contributed by atoms with E-state index >= 15 is 19.2 Å². The minimum atomic E-state index is -1.97. The molecule has 4 aromatic rings. The molecule has 80 heavy (non-hydrogen) atoms. The number of fused-ring (bicyclic) bond motifs is 5. The second-order valence-corrected chi connectivity index (χ2v) is 26.2. The molecular formula is C69H88O11. The van der Waals surface area contributed by atoms with E-state index in [1.54, 1.807) is 0 Å². The Labute approximate surface area is 476 Å². The number of hydrogen-bond donors (Lipinski definition) is 0. The molecule has 1 saturated heterocycles. The Bertz CT molecular complexity index is 2810. The molecule has 0 bridgehead atoms. The fourth-order valence-electron chi connectivity index (χ4n) is 15.8. The summed E-state index contributed by atoms with van der Waals surface area (Å²) < 4.78 is 46.0. The normalized spacial score (nSPS) is 29.2. The summed E-state index contributed by atoms with van der Waals surface area (Å²) in [5, 5.41) is 0. The van der Waals surface area contributed by atoms with E-state index in [4.69, 9.17) is 33.2 Å². The van der Waals surface area contributed by atoms with Crippen molar-refractivity contribution in [2.45, 2.75) is 189 Å². The predicted molar refractivity (Wildman–Crippen MR) is 307 cm³/mol. The Kier molecular flexibility index (Phi) is 17.5. The third-order valence-corrected chi connectivity index (χ3v) is 19.9. The Balaban J connectivity index is 1.24. The molecule has 4 aliphatic carbocycles. The molecule has 0 aromatic heterocycles. The molecule has 4 aromatic carbocycles. The van der Waals surface area contributed by atoms with Gasteiger partial charge in [-0.3, -0.25) is 19.2 Å². The fourth-order valence-corrected chi connectivity index (χ4v) is 15.8. The van der Waals surface area contributed by atoms with Gasteiger partial charge in [-0.25, -0.2) is 0 Å². The first-order valence-corrected chi connectivity index (χ1v) is 29.7. The van der Waals surface area contributed by atoms with Crippen LogP contribution in [-0.4, -0.2) is 60.5 Å². The SMILES string of the molecule is CC(C)CCC[C@@H](C)C1(C(=O)OCc2ccccc2)CCC2(C(=O)OCc3ccccc3)C3(C(=O)OCc4ccccc4)CC=C4C[C@@H](OC(C)(C)COC(C)(C)CC5CO5)CC[C@]4(C)C3(C(=O)OCc3ccccc3)CC[C@]12C. The second kappa shape index (κ2) is 23.7. The first-order valence-electron chi connectivity index (χ1n) is 29.7. The second-order valence-electron chi connectivity index (χ2n) is 26.2. The minimum Gasteiger partial charge on any atom is -0.460 e. The standard InChI is InChI=1S/C69H88O11/c1-49(2)23-22-24-50(3)66(58(70)75-43-51-25-14-10-15-26-51)38-40-68(60(72)77-45-53-29-18-12-19-30-53)65(66,9)37-39-67(59(71)76-44-52-27-16-11-17-28-52)64(8)35-34-56(80-63(6,7)48-79-62(4,5)42-57-47-74-57)41-55(64)33-36-69(67,68)61(73)78-46-54-31-20-13-21-32-54/h10-21,25-33,49-50,56-57H,22-24,34-48H2,1-9H3/t50-,56+,57?,64+,65-,66?,67?,68?,69?/m1/s1. The highest BCUT2D eigenvalue weighted by atomic mass is 16.6. The van der Waals surface area contributed by atoms with Crippen molar-refractivity contribution in [1.29, 1.82) is 0 Å². The molecule has 1 aliphatic heterocycles. The number of benzene rings is 4. The molecular weight excluding hydrogens is 1000 g/mol. The molecule has 5 unspecified atom stereocenters. The summed E-state index contributed by atoms with van der Waals surface area (Å²) in [7, 11) is 0. The summed E-state index contributed by atoms with van der Waals surface area (Å²) in [6.45, 7) is 19.9. The summed E-state index contributed by atoms with van der Waals surface area (Å²) in [6, 6.07) is 38.3. The van der Waals surface area contributed by atoms with Crippen LogP contribution in [0.4, 0.5) is 0 Å². The Morgan fingerprint density at radius 3 is 1.52 bits per heavy atom. The molecule has 430 valence electrons. The van der Waals surface area contributed by atoms with Crippen molar-refractivity contribution in [3.05, 3.63) is 155 Å². The van der Waals surface area contributed by atoms with Crippen LogP contribution in [0.2, 0.25) is 0 Å². The maximum atomic E-state index is 17.0. The van der Waals surface area contributed by atoms with Crippen LogP contribution in [0.3, 0.4) is 0 Å². The first-order chi connectivity index (χ1) is 38.2. The highest BCUT2D eigenvalue weighted by molar-refractivity contribution is 5.99. The highest BCUT2D eigenvalue weighted by Gasteiger charge is 2.90. The minimum absolute atomic E-state index is 0.0329. The molecule has 11 nitrogen and oxygen atoms in total. The average Bonchev–Trinajstić information content (AvgIpc) is 3.87. The van der Waals surface area contributed by atoms with Gasteiger partial charge in [0.15, 0.2) is 0 Å². The lowest BCUT2D eigenvalue weighted by Crippen LogP contribution is -2.77. The van der Waals surface area contributed by atoms with Crippen LogP contribution in [0.5, 0.6) is 0 Å². The van der Waals surface area contributed by atoms with E-state index in [0.29, 0.717) is 38.2 Å². The molecule has 0 radical (unpaired) electrons. The number of esters is 4.